The van der Waals surface area contributed by atoms with Crippen LogP contribution in [0.15, 0.2) is 24.3 Å². The van der Waals surface area contributed by atoms with Gasteiger partial charge in [0.2, 0.25) is 0 Å². The molecule has 2 N–H and O–H groups in total. The van der Waals surface area contributed by atoms with Crippen LogP contribution in [0, 0.1) is 5.92 Å². The van der Waals surface area contributed by atoms with Gasteiger partial charge in [-0.25, -0.2) is 0 Å². The minimum Gasteiger partial charge on any atom is -0.321 e. The van der Waals surface area contributed by atoms with E-state index in [0.717, 1.165) is 12.8 Å². The summed E-state index contributed by atoms with van der Waals surface area (Å²) in [5.74, 6) is 0.626. The van der Waals surface area contributed by atoms with Crippen LogP contribution in [0.3, 0.4) is 0 Å². The summed E-state index contributed by atoms with van der Waals surface area (Å²) in [5, 5.41) is 0. The fraction of sp³-hybridized carbons (Fsp3) is 0.571. The lowest BCUT2D eigenvalue weighted by Gasteiger charge is -2.34. The lowest BCUT2D eigenvalue weighted by Crippen LogP contribution is -2.41. The fourth-order valence-corrected chi connectivity index (χ4v) is 3.11. The molecule has 0 saturated heterocycles. The molecule has 0 radical (unpaired) electrons. The number of fused-ring (bicyclic) bond motifs is 1. The average Bonchev–Trinajstić information content (AvgIpc) is 2.60. The minimum absolute atomic E-state index is 0.0555. The van der Waals surface area contributed by atoms with Gasteiger partial charge in [-0.3, -0.25) is 0 Å². The van der Waals surface area contributed by atoms with Crippen molar-refractivity contribution < 1.29 is 0 Å². The first-order chi connectivity index (χ1) is 7.22. The van der Waals surface area contributed by atoms with Crippen LogP contribution in [-0.4, -0.2) is 0 Å². The molecule has 0 aliphatic heterocycles. The third-order valence-electron chi connectivity index (χ3n) is 4.04. The van der Waals surface area contributed by atoms with Crippen molar-refractivity contribution in [2.75, 3.05) is 0 Å². The van der Waals surface area contributed by atoms with Gasteiger partial charge in [-0.15, -0.1) is 0 Å². The summed E-state index contributed by atoms with van der Waals surface area (Å²) in [6, 6.07) is 8.69. The molecule has 0 fully saturated rings. The van der Waals surface area contributed by atoms with Gasteiger partial charge in [0, 0.05) is 5.54 Å². The van der Waals surface area contributed by atoms with Crippen LogP contribution in [0.25, 0.3) is 0 Å². The van der Waals surface area contributed by atoms with E-state index >= 15 is 0 Å². The highest BCUT2D eigenvalue weighted by Crippen LogP contribution is 2.42. The normalized spacial score (nSPS) is 24.5. The predicted molar refractivity (Wildman–Crippen MR) is 64.7 cm³/mol. The molecule has 0 heterocycles. The molecule has 1 unspecified atom stereocenters. The molecule has 1 aliphatic carbocycles. The van der Waals surface area contributed by atoms with Gasteiger partial charge in [-0.2, -0.15) is 0 Å². The van der Waals surface area contributed by atoms with E-state index in [0.29, 0.717) is 5.92 Å². The second-order valence-electron chi connectivity index (χ2n) is 4.71. The first-order valence-corrected chi connectivity index (χ1v) is 6.09. The van der Waals surface area contributed by atoms with Crippen LogP contribution in [0.4, 0.5) is 0 Å². The summed E-state index contributed by atoms with van der Waals surface area (Å²) in [6.45, 7) is 4.51. The Kier molecular flexibility index (Phi) is 2.83. The Balaban J connectivity index is 2.39. The van der Waals surface area contributed by atoms with Crippen molar-refractivity contribution in [3.05, 3.63) is 35.4 Å². The van der Waals surface area contributed by atoms with Gasteiger partial charge >= 0.3 is 0 Å². The highest BCUT2D eigenvalue weighted by atomic mass is 14.8. The van der Waals surface area contributed by atoms with Gasteiger partial charge in [0.15, 0.2) is 0 Å². The monoisotopic (exact) mass is 203 g/mol. The Bertz CT molecular complexity index is 341. The summed E-state index contributed by atoms with van der Waals surface area (Å²) in [6.07, 6.45) is 4.64. The number of hydrogen-bond donors (Lipinski definition) is 1. The molecule has 0 bridgehead atoms. The van der Waals surface area contributed by atoms with Gasteiger partial charge in [-0.1, -0.05) is 51.0 Å². The van der Waals surface area contributed by atoms with E-state index in [4.69, 9.17) is 5.73 Å². The van der Waals surface area contributed by atoms with Crippen molar-refractivity contribution in [2.24, 2.45) is 11.7 Å². The third kappa shape index (κ3) is 1.59. The van der Waals surface area contributed by atoms with Crippen LogP contribution in [-0.2, 0) is 12.0 Å². The predicted octanol–water partition coefficient (Wildman–Crippen LogP) is 3.22. The standard InChI is InChI=1S/C14H21N/c1-3-12(4-2)14(15)10-9-11-7-5-6-8-13(11)14/h5-8,12H,3-4,9-10,15H2,1-2H3. The lowest BCUT2D eigenvalue weighted by molar-refractivity contribution is 0.256. The van der Waals surface area contributed by atoms with Crippen LogP contribution in [0.1, 0.15) is 44.2 Å². The summed E-state index contributed by atoms with van der Waals surface area (Å²) in [4.78, 5) is 0. The Morgan fingerprint density at radius 2 is 1.93 bits per heavy atom. The highest BCUT2D eigenvalue weighted by Gasteiger charge is 2.39. The zero-order chi connectivity index (χ0) is 10.9. The molecule has 15 heavy (non-hydrogen) atoms. The summed E-state index contributed by atoms with van der Waals surface area (Å²) in [5.41, 5.74) is 9.45. The number of rotatable bonds is 3. The van der Waals surface area contributed by atoms with Gasteiger partial charge in [0.1, 0.15) is 0 Å². The van der Waals surface area contributed by atoms with E-state index in [2.05, 4.69) is 38.1 Å². The minimum atomic E-state index is -0.0555. The molecule has 2 rings (SSSR count). The SMILES string of the molecule is CCC(CC)C1(N)CCc2ccccc21. The second-order valence-corrected chi connectivity index (χ2v) is 4.71. The largest absolute Gasteiger partial charge is 0.321 e. The number of benzene rings is 1. The summed E-state index contributed by atoms with van der Waals surface area (Å²) in [7, 11) is 0. The van der Waals surface area contributed by atoms with Gasteiger partial charge in [0.25, 0.3) is 0 Å². The van der Waals surface area contributed by atoms with Crippen molar-refractivity contribution in [2.45, 2.75) is 45.1 Å². The summed E-state index contributed by atoms with van der Waals surface area (Å²) < 4.78 is 0. The zero-order valence-electron chi connectivity index (χ0n) is 9.79. The Morgan fingerprint density at radius 1 is 1.27 bits per heavy atom. The molecule has 1 aliphatic rings. The first kappa shape index (κ1) is 10.7. The van der Waals surface area contributed by atoms with Crippen LogP contribution < -0.4 is 5.73 Å². The van der Waals surface area contributed by atoms with Crippen molar-refractivity contribution in [3.8, 4) is 0 Å². The highest BCUT2D eigenvalue weighted by molar-refractivity contribution is 5.38. The number of nitrogens with two attached hydrogens (primary N) is 1. The zero-order valence-corrected chi connectivity index (χ0v) is 9.79. The van der Waals surface area contributed by atoms with E-state index in [1.807, 2.05) is 0 Å². The molecule has 0 spiro atoms. The van der Waals surface area contributed by atoms with E-state index in [-0.39, 0.29) is 5.54 Å². The Hall–Kier alpha value is -0.820. The Morgan fingerprint density at radius 3 is 2.60 bits per heavy atom. The molecule has 1 aromatic rings. The van der Waals surface area contributed by atoms with Crippen LogP contribution in [0.2, 0.25) is 0 Å². The molecule has 0 amide bonds. The second kappa shape index (κ2) is 3.97. The quantitative estimate of drug-likeness (QED) is 0.802. The molecule has 0 saturated carbocycles. The molecular formula is C14H21N. The molecule has 82 valence electrons. The number of aryl methyl sites for hydroxylation is 1. The van der Waals surface area contributed by atoms with Crippen LogP contribution in [0.5, 0.6) is 0 Å². The maximum absolute atomic E-state index is 6.64. The van der Waals surface area contributed by atoms with Crippen molar-refractivity contribution in [3.63, 3.8) is 0 Å². The average molecular weight is 203 g/mol. The van der Waals surface area contributed by atoms with E-state index in [1.165, 1.54) is 24.0 Å². The van der Waals surface area contributed by atoms with E-state index < -0.39 is 0 Å². The van der Waals surface area contributed by atoms with Gasteiger partial charge < -0.3 is 5.73 Å². The van der Waals surface area contributed by atoms with Crippen LogP contribution >= 0.6 is 0 Å². The first-order valence-electron chi connectivity index (χ1n) is 6.09. The summed E-state index contributed by atoms with van der Waals surface area (Å²) >= 11 is 0. The Labute approximate surface area is 92.7 Å². The smallest absolute Gasteiger partial charge is 0.0443 e. The van der Waals surface area contributed by atoms with Gasteiger partial charge in [-0.05, 0) is 29.9 Å². The van der Waals surface area contributed by atoms with Crippen molar-refractivity contribution in [1.82, 2.24) is 0 Å². The molecule has 1 nitrogen and oxygen atoms in total. The molecule has 0 aromatic heterocycles. The van der Waals surface area contributed by atoms with E-state index in [9.17, 15) is 0 Å². The maximum atomic E-state index is 6.64. The lowest BCUT2D eigenvalue weighted by atomic mass is 9.77. The molecule has 1 aromatic carbocycles. The van der Waals surface area contributed by atoms with Crippen molar-refractivity contribution >= 4 is 0 Å². The van der Waals surface area contributed by atoms with Gasteiger partial charge in [0.05, 0.1) is 0 Å². The molecule has 1 heteroatoms. The topological polar surface area (TPSA) is 26.0 Å². The third-order valence-corrected chi connectivity index (χ3v) is 4.04. The number of hydrogen-bond acceptors (Lipinski definition) is 1. The fourth-order valence-electron chi connectivity index (χ4n) is 3.11. The maximum Gasteiger partial charge on any atom is 0.0443 e. The molecule has 1 atom stereocenters. The molecular weight excluding hydrogens is 182 g/mol. The van der Waals surface area contributed by atoms with E-state index in [1.54, 1.807) is 0 Å². The van der Waals surface area contributed by atoms with Crippen molar-refractivity contribution in [1.29, 1.82) is 0 Å².